The lowest BCUT2D eigenvalue weighted by Crippen LogP contribution is -2.40. The molecule has 1 heterocycles. The molecule has 0 aromatic heterocycles. The molecule has 1 aliphatic heterocycles. The molecule has 210 valence electrons. The summed E-state index contributed by atoms with van der Waals surface area (Å²) >= 11 is 0. The third-order valence-electron chi connectivity index (χ3n) is 9.16. The Kier molecular flexibility index (Phi) is 6.72. The van der Waals surface area contributed by atoms with Crippen molar-refractivity contribution in [3.63, 3.8) is 0 Å². The van der Waals surface area contributed by atoms with Crippen molar-refractivity contribution in [3.8, 4) is 5.75 Å². The molecule has 2 aromatic rings. The molecule has 6 rings (SSSR count). The highest BCUT2D eigenvalue weighted by Gasteiger charge is 2.56. The Hall–Kier alpha value is -4.33. The fourth-order valence-corrected chi connectivity index (χ4v) is 7.31. The van der Waals surface area contributed by atoms with Crippen molar-refractivity contribution in [3.05, 3.63) is 76.4 Å². The first-order chi connectivity index (χ1) is 19.7. The lowest BCUT2D eigenvalue weighted by molar-refractivity contribution is -0.141. The van der Waals surface area contributed by atoms with Gasteiger partial charge >= 0.3 is 5.97 Å². The number of carboxylic acids is 1. The number of aliphatic carboxylic acids is 1. The number of carbonyl (C=O) groups is 5. The largest absolute Gasteiger partial charge is 0.508 e. The number of hydrogen-bond donors (Lipinski definition) is 2. The Morgan fingerprint density at radius 2 is 1.76 bits per heavy atom. The van der Waals surface area contributed by atoms with Crippen LogP contribution in [-0.4, -0.2) is 51.0 Å². The normalized spacial score (nSPS) is 25.6. The minimum absolute atomic E-state index is 0.00700. The first-order valence-electron chi connectivity index (χ1n) is 14.2. The molecule has 4 aliphatic rings. The van der Waals surface area contributed by atoms with Crippen LogP contribution < -0.4 is 0 Å². The van der Waals surface area contributed by atoms with E-state index in [0.717, 1.165) is 16.3 Å². The minimum Gasteiger partial charge on any atom is -0.508 e. The van der Waals surface area contributed by atoms with Crippen molar-refractivity contribution < 1.29 is 34.2 Å². The highest BCUT2D eigenvalue weighted by atomic mass is 16.4. The zero-order valence-electron chi connectivity index (χ0n) is 22.8. The van der Waals surface area contributed by atoms with E-state index in [1.54, 1.807) is 19.1 Å². The van der Waals surface area contributed by atoms with Crippen LogP contribution in [0, 0.1) is 17.8 Å². The van der Waals surface area contributed by atoms with Gasteiger partial charge in [0.25, 0.3) is 0 Å². The number of phenolic OH excluding ortho intramolecular Hbond substituents is 1. The van der Waals surface area contributed by atoms with E-state index in [0.29, 0.717) is 48.0 Å². The number of rotatable bonds is 7. The van der Waals surface area contributed by atoms with E-state index in [4.69, 9.17) is 5.11 Å². The van der Waals surface area contributed by atoms with Crippen LogP contribution in [0.15, 0.2) is 70.8 Å². The quantitative estimate of drug-likeness (QED) is 0.222. The van der Waals surface area contributed by atoms with Gasteiger partial charge in [-0.25, -0.2) is 0 Å². The Labute approximate surface area is 237 Å². The molecule has 2 aromatic carbocycles. The lowest BCUT2D eigenvalue weighted by Gasteiger charge is -2.42. The average molecular weight is 554 g/mol. The van der Waals surface area contributed by atoms with E-state index in [-0.39, 0.29) is 48.5 Å². The van der Waals surface area contributed by atoms with Crippen molar-refractivity contribution in [1.29, 1.82) is 0 Å². The number of hydrogen-bond acceptors (Lipinski definition) is 6. The second-order valence-corrected chi connectivity index (χ2v) is 11.5. The number of nitrogens with zero attached hydrogens (tertiary/aromatic N) is 1. The first-order valence-corrected chi connectivity index (χ1v) is 14.2. The van der Waals surface area contributed by atoms with Gasteiger partial charge in [0.15, 0.2) is 11.6 Å². The Bertz CT molecular complexity index is 1630. The summed E-state index contributed by atoms with van der Waals surface area (Å²) in [5.41, 5.74) is 2.38. The number of fused-ring (bicyclic) bond motifs is 4. The highest BCUT2D eigenvalue weighted by Crippen LogP contribution is 2.57. The van der Waals surface area contributed by atoms with E-state index in [9.17, 15) is 29.1 Å². The van der Waals surface area contributed by atoms with Crippen LogP contribution in [0.25, 0.3) is 10.8 Å². The molecule has 0 bridgehead atoms. The molecule has 8 heteroatoms. The van der Waals surface area contributed by atoms with E-state index in [1.807, 2.05) is 30.3 Å². The molecule has 1 fully saturated rings. The Morgan fingerprint density at radius 3 is 2.54 bits per heavy atom. The first kappa shape index (κ1) is 26.9. The third kappa shape index (κ3) is 4.33. The number of allylic oxidation sites excluding steroid dienone is 6. The molecule has 1 saturated heterocycles. The molecule has 2 amide bonds. The van der Waals surface area contributed by atoms with Gasteiger partial charge in [-0.3, -0.25) is 28.9 Å². The average Bonchev–Trinajstić information content (AvgIpc) is 3.19. The zero-order chi connectivity index (χ0) is 29.0. The SMILES string of the molecule is CC1=CC(=O)C2=C(CC3C(=CCC4C(=O)N(CCCCCC(=O)O)C(=O)C43)C2c2c(O)ccc3ccccc23)C1=O. The molecule has 41 heavy (non-hydrogen) atoms. The summed E-state index contributed by atoms with van der Waals surface area (Å²) < 4.78 is 0. The van der Waals surface area contributed by atoms with Gasteiger partial charge in [-0.1, -0.05) is 48.4 Å². The van der Waals surface area contributed by atoms with Crippen LogP contribution in [0.1, 0.15) is 56.9 Å². The summed E-state index contributed by atoms with van der Waals surface area (Å²) in [6.07, 6.45) is 5.46. The van der Waals surface area contributed by atoms with E-state index in [1.165, 1.54) is 11.0 Å². The van der Waals surface area contributed by atoms with Crippen molar-refractivity contribution in [2.24, 2.45) is 17.8 Å². The van der Waals surface area contributed by atoms with Gasteiger partial charge in [0.05, 0.1) is 11.8 Å². The highest BCUT2D eigenvalue weighted by molar-refractivity contribution is 6.24. The van der Waals surface area contributed by atoms with E-state index < -0.39 is 29.6 Å². The molecule has 3 aliphatic carbocycles. The number of ketones is 2. The number of aromatic hydroxyl groups is 1. The molecule has 4 atom stereocenters. The molecular formula is C33H31NO7. The summed E-state index contributed by atoms with van der Waals surface area (Å²) in [4.78, 5) is 66.4. The van der Waals surface area contributed by atoms with Crippen LogP contribution in [0.4, 0.5) is 0 Å². The summed E-state index contributed by atoms with van der Waals surface area (Å²) in [7, 11) is 0. The maximum atomic E-state index is 13.8. The van der Waals surface area contributed by atoms with Gasteiger partial charge in [0, 0.05) is 41.2 Å². The van der Waals surface area contributed by atoms with Crippen molar-refractivity contribution in [2.45, 2.75) is 51.4 Å². The minimum atomic E-state index is -0.874. The van der Waals surface area contributed by atoms with Crippen molar-refractivity contribution in [2.75, 3.05) is 6.54 Å². The van der Waals surface area contributed by atoms with Crippen LogP contribution >= 0.6 is 0 Å². The fraction of sp³-hybridized carbons (Fsp3) is 0.364. The molecule has 0 radical (unpaired) electrons. The summed E-state index contributed by atoms with van der Waals surface area (Å²) in [6.45, 7) is 1.84. The molecule has 4 unspecified atom stereocenters. The van der Waals surface area contributed by atoms with Gasteiger partial charge in [-0.05, 0) is 61.4 Å². The summed E-state index contributed by atoms with van der Waals surface area (Å²) in [6, 6.07) is 11.0. The number of unbranched alkanes of at least 4 members (excludes halogenated alkanes) is 2. The Morgan fingerprint density at radius 1 is 0.976 bits per heavy atom. The number of imide groups is 1. The van der Waals surface area contributed by atoms with Gasteiger partial charge < -0.3 is 10.2 Å². The standard InChI is InChI=1S/C33H31NO7/c1-17-15-25(36)29-23(31(17)39)16-22-20(30(29)28-19-8-5-4-7-18(19)10-13-24(28)35)11-12-21-27(22)33(41)34(32(21)40)14-6-2-3-9-26(37)38/h4-5,7-8,10-11,13,15,21-22,27,30,35H,2-3,6,9,12,14,16H2,1H3,(H,37,38). The third-order valence-corrected chi connectivity index (χ3v) is 9.16. The predicted octanol–water partition coefficient (Wildman–Crippen LogP) is 4.62. The smallest absolute Gasteiger partial charge is 0.303 e. The molecular weight excluding hydrogens is 522 g/mol. The number of phenols is 1. The maximum Gasteiger partial charge on any atom is 0.303 e. The summed E-state index contributed by atoms with van der Waals surface area (Å²) in [5, 5.41) is 21.7. The number of likely N-dealkylation sites (tertiary alicyclic amines) is 1. The van der Waals surface area contributed by atoms with Gasteiger partial charge in [-0.15, -0.1) is 0 Å². The second kappa shape index (κ2) is 10.3. The van der Waals surface area contributed by atoms with Gasteiger partial charge in [0.2, 0.25) is 11.8 Å². The summed E-state index contributed by atoms with van der Waals surface area (Å²) in [5.74, 6) is -4.29. The second-order valence-electron chi connectivity index (χ2n) is 11.5. The maximum absolute atomic E-state index is 13.8. The predicted molar refractivity (Wildman–Crippen MR) is 150 cm³/mol. The molecule has 0 saturated carbocycles. The van der Waals surface area contributed by atoms with E-state index in [2.05, 4.69) is 0 Å². The van der Waals surface area contributed by atoms with Crippen molar-refractivity contribution >= 4 is 40.1 Å². The van der Waals surface area contributed by atoms with Crippen LogP contribution in [0.3, 0.4) is 0 Å². The van der Waals surface area contributed by atoms with Crippen LogP contribution in [0.2, 0.25) is 0 Å². The topological polar surface area (TPSA) is 129 Å². The number of benzene rings is 2. The fourth-order valence-electron chi connectivity index (χ4n) is 7.31. The lowest BCUT2D eigenvalue weighted by atomic mass is 9.59. The zero-order valence-corrected chi connectivity index (χ0v) is 22.8. The van der Waals surface area contributed by atoms with Crippen LogP contribution in [-0.2, 0) is 24.0 Å². The van der Waals surface area contributed by atoms with Crippen LogP contribution in [0.5, 0.6) is 5.75 Å². The van der Waals surface area contributed by atoms with Crippen molar-refractivity contribution in [1.82, 2.24) is 4.90 Å². The monoisotopic (exact) mass is 553 g/mol. The Balaban J connectivity index is 1.42. The molecule has 0 spiro atoms. The van der Waals surface area contributed by atoms with Gasteiger partial charge in [-0.2, -0.15) is 0 Å². The number of Topliss-reactive ketones (excluding diaryl/α,β-unsaturated/α-hetero) is 1. The number of amides is 2. The number of carbonyl (C=O) groups excluding carboxylic acids is 4. The van der Waals surface area contributed by atoms with E-state index >= 15 is 0 Å². The molecule has 8 nitrogen and oxygen atoms in total. The molecule has 2 N–H and O–H groups in total. The number of carboxylic acid groups (broad SMARTS) is 1. The van der Waals surface area contributed by atoms with Gasteiger partial charge in [0.1, 0.15) is 5.75 Å².